The van der Waals surface area contributed by atoms with Crippen molar-refractivity contribution in [2.45, 2.75) is 57.9 Å². The minimum Gasteiger partial charge on any atom is -0.339 e. The van der Waals surface area contributed by atoms with E-state index in [1.54, 1.807) is 0 Å². The van der Waals surface area contributed by atoms with E-state index in [0.29, 0.717) is 12.0 Å². The normalized spacial score (nSPS) is 25.9. The van der Waals surface area contributed by atoms with Crippen molar-refractivity contribution >= 4 is 0 Å². The Morgan fingerprint density at radius 1 is 1.25 bits per heavy atom. The van der Waals surface area contributed by atoms with Crippen LogP contribution in [0.4, 0.5) is 0 Å². The standard InChI is InChI=1S/C12H21N3O/c1-3-11-14-12(16-15-11)9-5-7-10(8-6-9)13-4-2/h9-10,13H,3-8H2,1-2H3. The lowest BCUT2D eigenvalue weighted by Gasteiger charge is -2.26. The molecule has 1 saturated carbocycles. The highest BCUT2D eigenvalue weighted by molar-refractivity contribution is 4.97. The van der Waals surface area contributed by atoms with Crippen LogP contribution in [0.25, 0.3) is 0 Å². The summed E-state index contributed by atoms with van der Waals surface area (Å²) in [5.41, 5.74) is 0. The van der Waals surface area contributed by atoms with Crippen molar-refractivity contribution in [2.75, 3.05) is 6.54 Å². The maximum atomic E-state index is 5.31. The molecule has 0 aliphatic heterocycles. The minimum atomic E-state index is 0.489. The minimum absolute atomic E-state index is 0.489. The number of rotatable bonds is 4. The molecule has 0 amide bonds. The molecule has 0 saturated heterocycles. The van der Waals surface area contributed by atoms with Crippen LogP contribution in [0.15, 0.2) is 4.52 Å². The Hall–Kier alpha value is -0.900. The number of aromatic nitrogens is 2. The summed E-state index contributed by atoms with van der Waals surface area (Å²) in [4.78, 5) is 4.43. The van der Waals surface area contributed by atoms with Crippen molar-refractivity contribution in [2.24, 2.45) is 0 Å². The molecule has 1 N–H and O–H groups in total. The van der Waals surface area contributed by atoms with Crippen LogP contribution in [0, 0.1) is 0 Å². The first-order valence-corrected chi connectivity index (χ1v) is 6.39. The third-order valence-corrected chi connectivity index (χ3v) is 3.37. The van der Waals surface area contributed by atoms with Gasteiger partial charge in [0.15, 0.2) is 5.82 Å². The summed E-state index contributed by atoms with van der Waals surface area (Å²) < 4.78 is 5.31. The molecule has 0 radical (unpaired) electrons. The number of hydrogen-bond acceptors (Lipinski definition) is 4. The summed E-state index contributed by atoms with van der Waals surface area (Å²) in [6.07, 6.45) is 5.65. The van der Waals surface area contributed by atoms with Crippen molar-refractivity contribution in [1.82, 2.24) is 15.5 Å². The predicted octanol–water partition coefficient (Wildman–Crippen LogP) is 2.27. The highest BCUT2D eigenvalue weighted by Crippen LogP contribution is 2.31. The van der Waals surface area contributed by atoms with Gasteiger partial charge in [-0.1, -0.05) is 19.0 Å². The van der Waals surface area contributed by atoms with Gasteiger partial charge in [-0.25, -0.2) is 0 Å². The smallest absolute Gasteiger partial charge is 0.229 e. The molecule has 1 aliphatic rings. The van der Waals surface area contributed by atoms with Crippen LogP contribution in [0.2, 0.25) is 0 Å². The Morgan fingerprint density at radius 2 is 2.00 bits per heavy atom. The zero-order valence-corrected chi connectivity index (χ0v) is 10.2. The quantitative estimate of drug-likeness (QED) is 0.850. The molecule has 0 bridgehead atoms. The molecule has 1 aromatic rings. The van der Waals surface area contributed by atoms with E-state index < -0.39 is 0 Å². The molecule has 1 aromatic heterocycles. The number of nitrogens with zero attached hydrogens (tertiary/aromatic N) is 2. The fraction of sp³-hybridized carbons (Fsp3) is 0.833. The second-order valence-electron chi connectivity index (χ2n) is 4.51. The van der Waals surface area contributed by atoms with Gasteiger partial charge >= 0.3 is 0 Å². The van der Waals surface area contributed by atoms with Gasteiger partial charge in [-0.05, 0) is 32.2 Å². The number of nitrogens with one attached hydrogen (secondary N) is 1. The molecular weight excluding hydrogens is 202 g/mol. The van der Waals surface area contributed by atoms with Gasteiger partial charge in [-0.3, -0.25) is 0 Å². The monoisotopic (exact) mass is 223 g/mol. The number of hydrogen-bond donors (Lipinski definition) is 1. The van der Waals surface area contributed by atoms with E-state index in [1.165, 1.54) is 25.7 Å². The van der Waals surface area contributed by atoms with E-state index >= 15 is 0 Å². The van der Waals surface area contributed by atoms with Crippen LogP contribution in [-0.4, -0.2) is 22.7 Å². The molecule has 0 unspecified atom stereocenters. The molecular formula is C12H21N3O. The van der Waals surface area contributed by atoms with Gasteiger partial charge in [0.05, 0.1) is 0 Å². The zero-order valence-electron chi connectivity index (χ0n) is 10.2. The van der Waals surface area contributed by atoms with Gasteiger partial charge in [-0.2, -0.15) is 4.98 Å². The first-order valence-electron chi connectivity index (χ1n) is 6.39. The van der Waals surface area contributed by atoms with Gasteiger partial charge < -0.3 is 9.84 Å². The Labute approximate surface area is 96.8 Å². The molecule has 4 heteroatoms. The summed E-state index contributed by atoms with van der Waals surface area (Å²) in [6, 6.07) is 0.690. The van der Waals surface area contributed by atoms with Gasteiger partial charge in [-0.15, -0.1) is 0 Å². The fourth-order valence-corrected chi connectivity index (χ4v) is 2.41. The summed E-state index contributed by atoms with van der Waals surface area (Å²) in [6.45, 7) is 5.28. The van der Waals surface area contributed by atoms with Gasteiger partial charge in [0.2, 0.25) is 5.89 Å². The van der Waals surface area contributed by atoms with Crippen LogP contribution in [-0.2, 0) is 6.42 Å². The van der Waals surface area contributed by atoms with Crippen LogP contribution in [0.5, 0.6) is 0 Å². The zero-order chi connectivity index (χ0) is 11.4. The van der Waals surface area contributed by atoms with Crippen molar-refractivity contribution in [3.8, 4) is 0 Å². The van der Waals surface area contributed by atoms with E-state index in [1.807, 2.05) is 0 Å². The summed E-state index contributed by atoms with van der Waals surface area (Å²) in [5.74, 6) is 2.18. The summed E-state index contributed by atoms with van der Waals surface area (Å²) >= 11 is 0. The third kappa shape index (κ3) is 2.61. The van der Waals surface area contributed by atoms with E-state index in [4.69, 9.17) is 4.52 Å². The SMILES string of the molecule is CCNC1CCC(c2nc(CC)no2)CC1. The van der Waals surface area contributed by atoms with Crippen molar-refractivity contribution < 1.29 is 4.52 Å². The lowest BCUT2D eigenvalue weighted by atomic mass is 9.86. The average molecular weight is 223 g/mol. The van der Waals surface area contributed by atoms with E-state index in [9.17, 15) is 0 Å². The molecule has 0 atom stereocenters. The van der Waals surface area contributed by atoms with E-state index in [2.05, 4.69) is 29.3 Å². The van der Waals surface area contributed by atoms with Gasteiger partial charge in [0.25, 0.3) is 0 Å². The van der Waals surface area contributed by atoms with E-state index in [0.717, 1.165) is 24.7 Å². The van der Waals surface area contributed by atoms with Crippen LogP contribution in [0.1, 0.15) is 57.2 Å². The predicted molar refractivity (Wildman–Crippen MR) is 62.3 cm³/mol. The van der Waals surface area contributed by atoms with Gasteiger partial charge in [0, 0.05) is 18.4 Å². The Morgan fingerprint density at radius 3 is 2.56 bits per heavy atom. The Bertz CT molecular complexity index is 316. The van der Waals surface area contributed by atoms with Crippen molar-refractivity contribution in [1.29, 1.82) is 0 Å². The molecule has 1 aliphatic carbocycles. The molecule has 0 spiro atoms. The molecule has 16 heavy (non-hydrogen) atoms. The highest BCUT2D eigenvalue weighted by atomic mass is 16.5. The third-order valence-electron chi connectivity index (χ3n) is 3.37. The number of aryl methyl sites for hydroxylation is 1. The van der Waals surface area contributed by atoms with Crippen molar-refractivity contribution in [3.05, 3.63) is 11.7 Å². The van der Waals surface area contributed by atoms with Crippen LogP contribution < -0.4 is 5.32 Å². The second-order valence-corrected chi connectivity index (χ2v) is 4.51. The topological polar surface area (TPSA) is 51.0 Å². The van der Waals surface area contributed by atoms with E-state index in [-0.39, 0.29) is 0 Å². The van der Waals surface area contributed by atoms with Gasteiger partial charge in [0.1, 0.15) is 0 Å². The van der Waals surface area contributed by atoms with Crippen molar-refractivity contribution in [3.63, 3.8) is 0 Å². The maximum Gasteiger partial charge on any atom is 0.229 e. The molecule has 1 heterocycles. The Balaban J connectivity index is 1.88. The lowest BCUT2D eigenvalue weighted by molar-refractivity contribution is 0.284. The average Bonchev–Trinajstić information content (AvgIpc) is 2.79. The maximum absolute atomic E-state index is 5.31. The lowest BCUT2D eigenvalue weighted by Crippen LogP contribution is -2.32. The molecule has 2 rings (SSSR count). The highest BCUT2D eigenvalue weighted by Gasteiger charge is 2.25. The molecule has 90 valence electrons. The van der Waals surface area contributed by atoms with Crippen LogP contribution in [0.3, 0.4) is 0 Å². The summed E-state index contributed by atoms with van der Waals surface area (Å²) in [7, 11) is 0. The Kier molecular flexibility index (Phi) is 3.93. The molecule has 1 fully saturated rings. The summed E-state index contributed by atoms with van der Waals surface area (Å²) in [5, 5.41) is 7.47. The van der Waals surface area contributed by atoms with Crippen LogP contribution >= 0.6 is 0 Å². The molecule has 0 aromatic carbocycles. The first kappa shape index (κ1) is 11.6. The fourth-order valence-electron chi connectivity index (χ4n) is 2.41. The first-order chi connectivity index (χ1) is 7.83. The molecule has 4 nitrogen and oxygen atoms in total. The largest absolute Gasteiger partial charge is 0.339 e. The second kappa shape index (κ2) is 5.43.